The first-order chi connectivity index (χ1) is 8.38. The summed E-state index contributed by atoms with van der Waals surface area (Å²) in [7, 11) is 4.05. The van der Waals surface area contributed by atoms with Crippen LogP contribution in [0.25, 0.3) is 0 Å². The van der Waals surface area contributed by atoms with Gasteiger partial charge in [0.1, 0.15) is 9.88 Å². The van der Waals surface area contributed by atoms with Crippen molar-refractivity contribution in [2.45, 2.75) is 17.9 Å². The molecule has 7 heteroatoms. The van der Waals surface area contributed by atoms with Crippen LogP contribution in [-0.4, -0.2) is 43.7 Å². The van der Waals surface area contributed by atoms with E-state index in [1.807, 2.05) is 20.4 Å². The number of rotatable bonds is 6. The second-order valence-corrected chi connectivity index (χ2v) is 6.10. The lowest BCUT2D eigenvalue weighted by atomic mass is 10.3. The molecule has 5 N–H and O–H groups in total. The van der Waals surface area contributed by atoms with Crippen LogP contribution in [0.15, 0.2) is 4.90 Å². The summed E-state index contributed by atoms with van der Waals surface area (Å²) in [5.41, 5.74) is 11.7. The predicted molar refractivity (Wildman–Crippen MR) is 80.7 cm³/mol. The monoisotopic (exact) mass is 288 g/mol. The number of carbonyl (C=O) groups is 1. The molecule has 18 heavy (non-hydrogen) atoms. The Bertz CT molecular complexity index is 431. The molecule has 0 aliphatic carbocycles. The molecule has 5 nitrogen and oxygen atoms in total. The number of primary amides is 1. The number of carbonyl (C=O) groups excluding carboxylic acids is 1. The van der Waals surface area contributed by atoms with Crippen molar-refractivity contribution in [1.82, 2.24) is 4.90 Å². The van der Waals surface area contributed by atoms with Gasteiger partial charge in [-0.1, -0.05) is 0 Å². The molecule has 0 spiro atoms. The average molecular weight is 288 g/mol. The van der Waals surface area contributed by atoms with Crippen molar-refractivity contribution < 1.29 is 4.79 Å². The number of nitrogen functional groups attached to an aromatic ring is 1. The molecule has 0 radical (unpaired) electrons. The molecule has 0 saturated carbocycles. The highest BCUT2D eigenvalue weighted by Gasteiger charge is 2.19. The fourth-order valence-electron chi connectivity index (χ4n) is 1.35. The highest BCUT2D eigenvalue weighted by atomic mass is 32.2. The van der Waals surface area contributed by atoms with E-state index in [4.69, 9.17) is 11.5 Å². The lowest BCUT2D eigenvalue weighted by Gasteiger charge is -2.20. The third-order valence-electron chi connectivity index (χ3n) is 2.77. The number of anilines is 2. The predicted octanol–water partition coefficient (Wildman–Crippen LogP) is 1.51. The van der Waals surface area contributed by atoms with Crippen molar-refractivity contribution in [1.29, 1.82) is 0 Å². The zero-order valence-electron chi connectivity index (χ0n) is 11.1. The zero-order chi connectivity index (χ0) is 13.9. The fraction of sp³-hybridized carbons (Fsp3) is 0.545. The van der Waals surface area contributed by atoms with E-state index in [0.717, 1.165) is 16.4 Å². The molecular weight excluding hydrogens is 268 g/mol. The molecule has 1 aromatic rings. The summed E-state index contributed by atoms with van der Waals surface area (Å²) in [4.78, 5) is 14.7. The van der Waals surface area contributed by atoms with Crippen LogP contribution < -0.4 is 16.8 Å². The van der Waals surface area contributed by atoms with Gasteiger partial charge in [0.2, 0.25) is 0 Å². The maximum atomic E-state index is 11.3. The van der Waals surface area contributed by atoms with E-state index in [0.29, 0.717) is 16.6 Å². The summed E-state index contributed by atoms with van der Waals surface area (Å²) in [6, 6.07) is 0.389. The van der Waals surface area contributed by atoms with Crippen LogP contribution in [-0.2, 0) is 0 Å². The molecule has 102 valence electrons. The van der Waals surface area contributed by atoms with Crippen molar-refractivity contribution in [3.63, 3.8) is 0 Å². The van der Waals surface area contributed by atoms with Gasteiger partial charge < -0.3 is 21.7 Å². The Balaban J connectivity index is 2.88. The van der Waals surface area contributed by atoms with E-state index in [-0.39, 0.29) is 0 Å². The molecule has 0 aliphatic rings. The number of nitrogens with zero attached hydrogens (tertiary/aromatic N) is 1. The average Bonchev–Trinajstić information content (AvgIpc) is 2.62. The Labute approximate surface area is 116 Å². The normalized spacial score (nSPS) is 12.7. The molecule has 1 aromatic heterocycles. The number of nitrogens with one attached hydrogen (secondary N) is 1. The third kappa shape index (κ3) is 3.30. The SMILES string of the molecule is CSc1c(NCC(C)N(C)C)sc(C(N)=O)c1N. The quantitative estimate of drug-likeness (QED) is 0.691. The van der Waals surface area contributed by atoms with Crippen molar-refractivity contribution in [2.75, 3.05) is 37.9 Å². The highest BCUT2D eigenvalue weighted by molar-refractivity contribution is 7.99. The Morgan fingerprint density at radius 1 is 1.56 bits per heavy atom. The number of hydrogen-bond donors (Lipinski definition) is 3. The zero-order valence-corrected chi connectivity index (χ0v) is 12.7. The molecule has 1 heterocycles. The van der Waals surface area contributed by atoms with Crippen molar-refractivity contribution >= 4 is 39.7 Å². The van der Waals surface area contributed by atoms with Gasteiger partial charge in [0.05, 0.1) is 10.6 Å². The highest BCUT2D eigenvalue weighted by Crippen LogP contribution is 2.41. The van der Waals surface area contributed by atoms with E-state index >= 15 is 0 Å². The van der Waals surface area contributed by atoms with Gasteiger partial charge >= 0.3 is 0 Å². The maximum Gasteiger partial charge on any atom is 0.261 e. The second kappa shape index (κ2) is 6.31. The van der Waals surface area contributed by atoms with Crippen molar-refractivity contribution in [3.05, 3.63) is 4.88 Å². The Hall–Kier alpha value is -0.920. The van der Waals surface area contributed by atoms with Gasteiger partial charge in [-0.2, -0.15) is 0 Å². The minimum Gasteiger partial charge on any atom is -0.396 e. The standard InChI is InChI=1S/C11H20N4OS2/c1-6(15(2)3)5-14-11-9(17-4)7(12)8(18-11)10(13)16/h6,14H,5,12H2,1-4H3,(H2,13,16). The molecule has 1 atom stereocenters. The van der Waals surface area contributed by atoms with Gasteiger partial charge in [-0.3, -0.25) is 4.79 Å². The second-order valence-electron chi connectivity index (χ2n) is 4.27. The van der Waals surface area contributed by atoms with Crippen LogP contribution in [0.1, 0.15) is 16.6 Å². The molecule has 1 unspecified atom stereocenters. The van der Waals surface area contributed by atoms with Crippen LogP contribution in [0, 0.1) is 0 Å². The minimum absolute atomic E-state index is 0.389. The largest absolute Gasteiger partial charge is 0.396 e. The van der Waals surface area contributed by atoms with Gasteiger partial charge in [0.25, 0.3) is 5.91 Å². The van der Waals surface area contributed by atoms with Gasteiger partial charge in [0, 0.05) is 12.6 Å². The summed E-state index contributed by atoms with van der Waals surface area (Å²) in [5.74, 6) is -0.471. The van der Waals surface area contributed by atoms with Crippen LogP contribution in [0.5, 0.6) is 0 Å². The first-order valence-electron chi connectivity index (χ1n) is 5.54. The molecule has 1 amide bonds. The summed E-state index contributed by atoms with van der Waals surface area (Å²) < 4.78 is 0. The molecule has 0 bridgehead atoms. The van der Waals surface area contributed by atoms with Gasteiger partial charge in [-0.05, 0) is 27.3 Å². The number of likely N-dealkylation sites (N-methyl/N-ethyl adjacent to an activating group) is 1. The maximum absolute atomic E-state index is 11.3. The van der Waals surface area contributed by atoms with Crippen LogP contribution >= 0.6 is 23.1 Å². The summed E-state index contributed by atoms with van der Waals surface area (Å²) in [5, 5.41) is 4.25. The molecule has 1 rings (SSSR count). The van der Waals surface area contributed by atoms with E-state index in [2.05, 4.69) is 17.1 Å². The number of hydrogen-bond acceptors (Lipinski definition) is 6. The van der Waals surface area contributed by atoms with Crippen molar-refractivity contribution in [3.8, 4) is 0 Å². The smallest absolute Gasteiger partial charge is 0.261 e. The van der Waals surface area contributed by atoms with Gasteiger partial charge in [0.15, 0.2) is 0 Å². The number of amides is 1. The van der Waals surface area contributed by atoms with Crippen molar-refractivity contribution in [2.24, 2.45) is 5.73 Å². The summed E-state index contributed by atoms with van der Waals surface area (Å²) in [6.07, 6.45) is 1.93. The van der Waals surface area contributed by atoms with E-state index in [9.17, 15) is 4.79 Å². The van der Waals surface area contributed by atoms with Crippen LogP contribution in [0.3, 0.4) is 0 Å². The summed E-state index contributed by atoms with van der Waals surface area (Å²) >= 11 is 2.84. The van der Waals surface area contributed by atoms with Crippen LogP contribution in [0.4, 0.5) is 10.7 Å². The van der Waals surface area contributed by atoms with Gasteiger partial charge in [-0.25, -0.2) is 0 Å². The van der Waals surface area contributed by atoms with E-state index in [1.165, 1.54) is 23.1 Å². The fourth-order valence-corrected chi connectivity index (χ4v) is 3.25. The molecular formula is C11H20N4OS2. The summed E-state index contributed by atoms with van der Waals surface area (Å²) in [6.45, 7) is 2.91. The topological polar surface area (TPSA) is 84.4 Å². The molecule has 0 aliphatic heterocycles. The Morgan fingerprint density at radius 2 is 2.17 bits per heavy atom. The lowest BCUT2D eigenvalue weighted by molar-refractivity contribution is 0.100. The number of thioether (sulfide) groups is 1. The third-order valence-corrected chi connectivity index (χ3v) is 4.91. The molecule has 0 saturated heterocycles. The van der Waals surface area contributed by atoms with E-state index in [1.54, 1.807) is 0 Å². The molecule has 0 fully saturated rings. The van der Waals surface area contributed by atoms with E-state index < -0.39 is 5.91 Å². The molecule has 0 aromatic carbocycles. The lowest BCUT2D eigenvalue weighted by Crippen LogP contribution is -2.31. The van der Waals surface area contributed by atoms with Gasteiger partial charge in [-0.15, -0.1) is 23.1 Å². The number of thiophene rings is 1. The number of nitrogens with two attached hydrogens (primary N) is 2. The Kier molecular flexibility index (Phi) is 5.30. The first kappa shape index (κ1) is 15.1. The minimum atomic E-state index is -0.471. The first-order valence-corrected chi connectivity index (χ1v) is 7.59. The Morgan fingerprint density at radius 3 is 2.61 bits per heavy atom. The van der Waals surface area contributed by atoms with Crippen LogP contribution in [0.2, 0.25) is 0 Å².